The Bertz CT molecular complexity index is 648. The van der Waals surface area contributed by atoms with Crippen LogP contribution in [0.2, 0.25) is 19.1 Å². The average molecular weight is 327 g/mol. The van der Waals surface area contributed by atoms with E-state index in [2.05, 4.69) is 68.5 Å². The highest BCUT2D eigenvalue weighted by Crippen LogP contribution is 2.49. The number of hydrogen-bond acceptors (Lipinski definition) is 2. The van der Waals surface area contributed by atoms with E-state index in [0.29, 0.717) is 13.2 Å². The summed E-state index contributed by atoms with van der Waals surface area (Å²) >= 11 is 0. The quantitative estimate of drug-likeness (QED) is 0.707. The Kier molecular flexibility index (Phi) is 4.45. The first-order chi connectivity index (χ1) is 11.0. The van der Waals surface area contributed by atoms with Crippen molar-refractivity contribution in [3.8, 4) is 11.1 Å². The summed E-state index contributed by atoms with van der Waals surface area (Å²) in [5.41, 5.74) is 5.12. The number of rotatable bonds is 6. The maximum atomic E-state index is 6.49. The van der Waals surface area contributed by atoms with Gasteiger partial charge >= 0.3 is 0 Å². The van der Waals surface area contributed by atoms with Gasteiger partial charge in [0.2, 0.25) is 0 Å². The van der Waals surface area contributed by atoms with Crippen LogP contribution in [0, 0.1) is 0 Å². The van der Waals surface area contributed by atoms with E-state index in [0.717, 1.165) is 6.04 Å². The third-order valence-corrected chi connectivity index (χ3v) is 7.76. The van der Waals surface area contributed by atoms with E-state index >= 15 is 0 Å². The molecular weight excluding hydrogens is 300 g/mol. The standard InChI is InChI=1S/C20H26O2Si/c1-5-23(3,4)22-15-20(14-21-2)18-12-8-6-10-16(18)17-11-7-9-13-19(17)20/h6-13H,5,14-15H2,1-4H3. The molecule has 2 nitrogen and oxygen atoms in total. The summed E-state index contributed by atoms with van der Waals surface area (Å²) in [6, 6.07) is 18.5. The van der Waals surface area contributed by atoms with Crippen LogP contribution in [0.3, 0.4) is 0 Å². The Morgan fingerprint density at radius 1 is 0.870 bits per heavy atom. The van der Waals surface area contributed by atoms with Crippen LogP contribution in [0.4, 0.5) is 0 Å². The molecule has 0 unspecified atom stereocenters. The second kappa shape index (κ2) is 6.23. The molecule has 0 aliphatic heterocycles. The molecule has 23 heavy (non-hydrogen) atoms. The molecule has 0 radical (unpaired) electrons. The number of fused-ring (bicyclic) bond motifs is 3. The van der Waals surface area contributed by atoms with Crippen molar-refractivity contribution in [1.29, 1.82) is 0 Å². The van der Waals surface area contributed by atoms with Gasteiger partial charge in [0.25, 0.3) is 0 Å². The van der Waals surface area contributed by atoms with Gasteiger partial charge in [-0.05, 0) is 41.4 Å². The van der Waals surface area contributed by atoms with Crippen LogP contribution in [0.15, 0.2) is 48.5 Å². The van der Waals surface area contributed by atoms with Gasteiger partial charge in [-0.15, -0.1) is 0 Å². The topological polar surface area (TPSA) is 18.5 Å². The van der Waals surface area contributed by atoms with Gasteiger partial charge in [0.1, 0.15) is 0 Å². The first-order valence-electron chi connectivity index (χ1n) is 8.36. The zero-order chi connectivity index (χ0) is 16.5. The Balaban J connectivity index is 2.11. The fourth-order valence-electron chi connectivity index (χ4n) is 3.44. The predicted octanol–water partition coefficient (Wildman–Crippen LogP) is 4.84. The lowest BCUT2D eigenvalue weighted by Gasteiger charge is -2.34. The van der Waals surface area contributed by atoms with Crippen molar-refractivity contribution in [2.24, 2.45) is 0 Å². The summed E-state index contributed by atoms with van der Waals surface area (Å²) in [6.07, 6.45) is 0. The molecule has 0 atom stereocenters. The Morgan fingerprint density at radius 3 is 1.87 bits per heavy atom. The second-order valence-electron chi connectivity index (χ2n) is 7.01. The molecule has 0 saturated heterocycles. The third kappa shape index (κ3) is 2.78. The molecule has 0 amide bonds. The first kappa shape index (κ1) is 16.4. The molecule has 2 aromatic carbocycles. The summed E-state index contributed by atoms with van der Waals surface area (Å²) in [7, 11) is 0.167. The van der Waals surface area contributed by atoms with E-state index in [-0.39, 0.29) is 5.41 Å². The molecule has 0 spiro atoms. The van der Waals surface area contributed by atoms with Gasteiger partial charge in [0.05, 0.1) is 12.0 Å². The average Bonchev–Trinajstić information content (AvgIpc) is 2.85. The van der Waals surface area contributed by atoms with Gasteiger partial charge in [0.15, 0.2) is 8.32 Å². The van der Waals surface area contributed by atoms with Crippen molar-refractivity contribution in [1.82, 2.24) is 0 Å². The number of methoxy groups -OCH3 is 1. The van der Waals surface area contributed by atoms with Crippen molar-refractivity contribution in [2.45, 2.75) is 31.5 Å². The van der Waals surface area contributed by atoms with Gasteiger partial charge in [-0.3, -0.25) is 0 Å². The first-order valence-corrected chi connectivity index (χ1v) is 11.5. The Hall–Kier alpha value is -1.42. The highest BCUT2D eigenvalue weighted by molar-refractivity contribution is 6.71. The molecule has 3 rings (SSSR count). The molecule has 0 saturated carbocycles. The minimum absolute atomic E-state index is 0.193. The zero-order valence-electron chi connectivity index (χ0n) is 14.6. The largest absolute Gasteiger partial charge is 0.416 e. The zero-order valence-corrected chi connectivity index (χ0v) is 15.6. The highest BCUT2D eigenvalue weighted by atomic mass is 28.4. The molecule has 2 aromatic rings. The van der Waals surface area contributed by atoms with E-state index in [4.69, 9.17) is 9.16 Å². The summed E-state index contributed by atoms with van der Waals surface area (Å²) in [5.74, 6) is 0. The van der Waals surface area contributed by atoms with Gasteiger partial charge in [-0.1, -0.05) is 55.5 Å². The number of ether oxygens (including phenoxy) is 1. The molecule has 1 aliphatic carbocycles. The van der Waals surface area contributed by atoms with Gasteiger partial charge < -0.3 is 9.16 Å². The molecule has 1 aliphatic rings. The van der Waals surface area contributed by atoms with Gasteiger partial charge in [-0.2, -0.15) is 0 Å². The maximum Gasteiger partial charge on any atom is 0.186 e. The fraction of sp³-hybridized carbons (Fsp3) is 0.400. The third-order valence-electron chi connectivity index (χ3n) is 5.13. The van der Waals surface area contributed by atoms with E-state index < -0.39 is 8.32 Å². The highest BCUT2D eigenvalue weighted by Gasteiger charge is 2.44. The molecule has 0 bridgehead atoms. The molecule has 0 fully saturated rings. The number of hydrogen-bond donors (Lipinski definition) is 0. The SMILES string of the molecule is CC[Si](C)(C)OCC1(COC)c2ccccc2-c2ccccc21. The van der Waals surface area contributed by atoms with E-state index in [9.17, 15) is 0 Å². The van der Waals surface area contributed by atoms with Crippen molar-refractivity contribution in [3.05, 3.63) is 59.7 Å². The van der Waals surface area contributed by atoms with E-state index in [1.165, 1.54) is 22.3 Å². The molecular formula is C20H26O2Si. The molecule has 3 heteroatoms. The van der Waals surface area contributed by atoms with Crippen molar-refractivity contribution < 1.29 is 9.16 Å². The summed E-state index contributed by atoms with van der Waals surface area (Å²) in [4.78, 5) is 0. The van der Waals surface area contributed by atoms with Crippen LogP contribution < -0.4 is 0 Å². The van der Waals surface area contributed by atoms with Crippen LogP contribution in [0.25, 0.3) is 11.1 Å². The monoisotopic (exact) mass is 326 g/mol. The fourth-order valence-corrected chi connectivity index (χ4v) is 4.28. The van der Waals surface area contributed by atoms with Crippen LogP contribution in [0.5, 0.6) is 0 Å². The molecule has 0 heterocycles. The van der Waals surface area contributed by atoms with Crippen LogP contribution >= 0.6 is 0 Å². The lowest BCUT2D eigenvalue weighted by atomic mass is 9.80. The minimum Gasteiger partial charge on any atom is -0.416 e. The lowest BCUT2D eigenvalue weighted by Crippen LogP contribution is -2.41. The lowest BCUT2D eigenvalue weighted by molar-refractivity contribution is 0.112. The van der Waals surface area contributed by atoms with Crippen molar-refractivity contribution in [3.63, 3.8) is 0 Å². The summed E-state index contributed by atoms with van der Waals surface area (Å²) in [5, 5.41) is 0. The minimum atomic E-state index is -1.62. The van der Waals surface area contributed by atoms with Gasteiger partial charge in [0, 0.05) is 13.7 Å². The molecule has 0 N–H and O–H groups in total. The van der Waals surface area contributed by atoms with Crippen LogP contribution in [-0.2, 0) is 14.6 Å². The van der Waals surface area contributed by atoms with Crippen molar-refractivity contribution >= 4 is 8.32 Å². The maximum absolute atomic E-state index is 6.49. The normalized spacial score (nSPS) is 15.3. The number of benzene rings is 2. The van der Waals surface area contributed by atoms with E-state index in [1.54, 1.807) is 7.11 Å². The second-order valence-corrected chi connectivity index (χ2v) is 11.5. The van der Waals surface area contributed by atoms with Crippen molar-refractivity contribution in [2.75, 3.05) is 20.3 Å². The summed E-state index contributed by atoms with van der Waals surface area (Å²) < 4.78 is 12.2. The predicted molar refractivity (Wildman–Crippen MR) is 98.4 cm³/mol. The van der Waals surface area contributed by atoms with E-state index in [1.807, 2.05) is 0 Å². The Labute approximate surface area is 140 Å². The molecule has 122 valence electrons. The Morgan fingerprint density at radius 2 is 1.39 bits per heavy atom. The van der Waals surface area contributed by atoms with Crippen LogP contribution in [0.1, 0.15) is 18.1 Å². The van der Waals surface area contributed by atoms with Crippen LogP contribution in [-0.4, -0.2) is 28.6 Å². The molecule has 0 aromatic heterocycles. The smallest absolute Gasteiger partial charge is 0.186 e. The van der Waals surface area contributed by atoms with Gasteiger partial charge in [-0.25, -0.2) is 0 Å². The summed E-state index contributed by atoms with van der Waals surface area (Å²) in [6.45, 7) is 8.16.